The molecule has 0 aliphatic carbocycles. The molecule has 0 atom stereocenters. The fourth-order valence-corrected chi connectivity index (χ4v) is 4.92. The Morgan fingerprint density at radius 2 is 2.00 bits per heavy atom. The number of amides is 1. The molecule has 32 heavy (non-hydrogen) atoms. The zero-order valence-corrected chi connectivity index (χ0v) is 19.0. The van der Waals surface area contributed by atoms with Gasteiger partial charge in [-0.1, -0.05) is 34.4 Å². The average molecular weight is 490 g/mol. The van der Waals surface area contributed by atoms with Crippen LogP contribution in [-0.2, 0) is 11.3 Å². The van der Waals surface area contributed by atoms with Crippen molar-refractivity contribution in [2.75, 3.05) is 13.1 Å². The SMILES string of the molecule is O=C(Cn1cnnn1)N1CCC(c2nc(-c3cc(-c4ccc(Cl)c(Cl)c4)no3)cs2)CC1. The molecule has 1 fully saturated rings. The third kappa shape index (κ3) is 4.38. The molecule has 0 spiro atoms. The number of aromatic nitrogens is 6. The Morgan fingerprint density at radius 3 is 2.75 bits per heavy atom. The van der Waals surface area contributed by atoms with Gasteiger partial charge in [0, 0.05) is 36.0 Å². The number of halogens is 2. The molecule has 9 nitrogen and oxygen atoms in total. The lowest BCUT2D eigenvalue weighted by atomic mass is 9.97. The van der Waals surface area contributed by atoms with E-state index in [1.165, 1.54) is 11.0 Å². The second-order valence-corrected chi connectivity index (χ2v) is 9.14. The third-order valence-electron chi connectivity index (χ3n) is 5.39. The first-order chi connectivity index (χ1) is 15.6. The summed E-state index contributed by atoms with van der Waals surface area (Å²) in [5.74, 6) is 0.929. The lowest BCUT2D eigenvalue weighted by Crippen LogP contribution is -2.39. The second-order valence-electron chi connectivity index (χ2n) is 7.44. The number of nitrogens with zero attached hydrogens (tertiary/aromatic N) is 7. The quantitative estimate of drug-likeness (QED) is 0.414. The Kier molecular flexibility index (Phi) is 5.90. The Bertz CT molecular complexity index is 1230. The summed E-state index contributed by atoms with van der Waals surface area (Å²) >= 11 is 13.7. The monoisotopic (exact) mass is 489 g/mol. The van der Waals surface area contributed by atoms with Gasteiger partial charge in [-0.3, -0.25) is 4.79 Å². The summed E-state index contributed by atoms with van der Waals surface area (Å²) in [7, 11) is 0. The van der Waals surface area contributed by atoms with Crippen LogP contribution in [0.3, 0.4) is 0 Å². The van der Waals surface area contributed by atoms with Gasteiger partial charge in [0.1, 0.15) is 24.3 Å². The maximum Gasteiger partial charge on any atom is 0.244 e. The van der Waals surface area contributed by atoms with E-state index in [4.69, 9.17) is 32.7 Å². The van der Waals surface area contributed by atoms with E-state index in [0.29, 0.717) is 40.5 Å². The van der Waals surface area contributed by atoms with Gasteiger partial charge >= 0.3 is 0 Å². The second kappa shape index (κ2) is 8.97. The molecule has 4 aromatic rings. The molecule has 4 heterocycles. The van der Waals surface area contributed by atoms with Crippen molar-refractivity contribution in [1.82, 2.24) is 35.2 Å². The maximum absolute atomic E-state index is 12.4. The van der Waals surface area contributed by atoms with Crippen molar-refractivity contribution in [1.29, 1.82) is 0 Å². The Hall–Kier alpha value is -2.82. The van der Waals surface area contributed by atoms with Crippen LogP contribution in [0.4, 0.5) is 0 Å². The molecule has 1 saturated heterocycles. The molecule has 3 aromatic heterocycles. The minimum atomic E-state index is 0.0204. The topological polar surface area (TPSA) is 103 Å². The Balaban J connectivity index is 1.22. The van der Waals surface area contributed by atoms with E-state index in [0.717, 1.165) is 29.1 Å². The van der Waals surface area contributed by atoms with Crippen LogP contribution in [0.2, 0.25) is 10.0 Å². The van der Waals surface area contributed by atoms with Gasteiger partial charge in [0.25, 0.3) is 0 Å². The first-order valence-corrected chi connectivity index (χ1v) is 11.6. The predicted octanol–water partition coefficient (Wildman–Crippen LogP) is 4.16. The zero-order chi connectivity index (χ0) is 22.1. The number of hydrogen-bond donors (Lipinski definition) is 0. The van der Waals surface area contributed by atoms with Gasteiger partial charge in [-0.15, -0.1) is 16.4 Å². The highest BCUT2D eigenvalue weighted by molar-refractivity contribution is 7.10. The molecule has 1 aliphatic rings. The number of benzene rings is 1. The highest BCUT2D eigenvalue weighted by Gasteiger charge is 2.26. The number of rotatable bonds is 5. The lowest BCUT2D eigenvalue weighted by Gasteiger charge is -2.31. The third-order valence-corrected chi connectivity index (χ3v) is 7.13. The summed E-state index contributed by atoms with van der Waals surface area (Å²) in [5.41, 5.74) is 2.24. The number of tetrazole rings is 1. The molecule has 5 rings (SSSR count). The van der Waals surface area contributed by atoms with Gasteiger partial charge < -0.3 is 9.42 Å². The van der Waals surface area contributed by atoms with E-state index in [2.05, 4.69) is 20.7 Å². The lowest BCUT2D eigenvalue weighted by molar-refractivity contribution is -0.133. The van der Waals surface area contributed by atoms with Crippen LogP contribution in [0.1, 0.15) is 23.8 Å². The highest BCUT2D eigenvalue weighted by Crippen LogP contribution is 2.35. The summed E-state index contributed by atoms with van der Waals surface area (Å²) in [6, 6.07) is 7.18. The molecule has 0 saturated carbocycles. The summed E-state index contributed by atoms with van der Waals surface area (Å²) in [6.07, 6.45) is 3.16. The van der Waals surface area contributed by atoms with Gasteiger partial charge in [-0.25, -0.2) is 9.67 Å². The van der Waals surface area contributed by atoms with Crippen molar-refractivity contribution in [3.63, 3.8) is 0 Å². The van der Waals surface area contributed by atoms with E-state index >= 15 is 0 Å². The van der Waals surface area contributed by atoms with E-state index in [-0.39, 0.29) is 12.5 Å². The molecule has 12 heteroatoms. The summed E-state index contributed by atoms with van der Waals surface area (Å²) < 4.78 is 6.96. The van der Waals surface area contributed by atoms with E-state index in [9.17, 15) is 4.79 Å². The van der Waals surface area contributed by atoms with E-state index in [1.807, 2.05) is 22.4 Å². The normalized spacial score (nSPS) is 14.8. The van der Waals surface area contributed by atoms with Crippen molar-refractivity contribution in [2.24, 2.45) is 0 Å². The molecule has 0 bridgehead atoms. The average Bonchev–Trinajstić information content (AvgIpc) is 3.57. The van der Waals surface area contributed by atoms with Crippen molar-refractivity contribution < 1.29 is 9.32 Å². The fraction of sp³-hybridized carbons (Fsp3) is 0.300. The van der Waals surface area contributed by atoms with Crippen LogP contribution in [0, 0.1) is 0 Å². The maximum atomic E-state index is 12.4. The largest absolute Gasteiger partial charge is 0.354 e. The minimum Gasteiger partial charge on any atom is -0.354 e. The number of carbonyl (C=O) groups excluding carboxylic acids is 1. The number of carbonyl (C=O) groups is 1. The summed E-state index contributed by atoms with van der Waals surface area (Å²) in [4.78, 5) is 19.0. The number of piperidine rings is 1. The highest BCUT2D eigenvalue weighted by atomic mass is 35.5. The zero-order valence-electron chi connectivity index (χ0n) is 16.7. The summed E-state index contributed by atoms with van der Waals surface area (Å²) in [6.45, 7) is 1.53. The molecule has 164 valence electrons. The first kappa shape index (κ1) is 21.0. The van der Waals surface area contributed by atoms with Crippen molar-refractivity contribution >= 4 is 40.4 Å². The molecule has 1 amide bonds. The summed E-state index contributed by atoms with van der Waals surface area (Å²) in [5, 5.41) is 19.0. The van der Waals surface area contributed by atoms with Crippen LogP contribution >= 0.6 is 34.5 Å². The van der Waals surface area contributed by atoms with Crippen LogP contribution in [0.15, 0.2) is 40.5 Å². The number of hydrogen-bond acceptors (Lipinski definition) is 8. The van der Waals surface area contributed by atoms with Gasteiger partial charge in [0.05, 0.1) is 15.1 Å². The predicted molar refractivity (Wildman–Crippen MR) is 119 cm³/mol. The standard InChI is InChI=1S/C20H17Cl2N7O2S/c21-14-2-1-13(7-15(14)22)16-8-18(31-25-16)17-10-32-20(24-17)12-3-5-28(6-4-12)19(30)9-29-11-23-26-27-29/h1-2,7-8,10-12H,3-6,9H2. The van der Waals surface area contributed by atoms with Gasteiger partial charge in [-0.05, 0) is 35.4 Å². The van der Waals surface area contributed by atoms with Crippen molar-refractivity contribution in [3.05, 3.63) is 51.0 Å². The van der Waals surface area contributed by atoms with E-state index < -0.39 is 0 Å². The van der Waals surface area contributed by atoms with Crippen molar-refractivity contribution in [3.8, 4) is 22.7 Å². The van der Waals surface area contributed by atoms with E-state index in [1.54, 1.807) is 23.5 Å². The molecular weight excluding hydrogens is 473 g/mol. The van der Waals surface area contributed by atoms with Crippen LogP contribution in [0.5, 0.6) is 0 Å². The Morgan fingerprint density at radius 1 is 1.16 bits per heavy atom. The molecule has 1 aliphatic heterocycles. The smallest absolute Gasteiger partial charge is 0.244 e. The minimum absolute atomic E-state index is 0.0204. The first-order valence-electron chi connectivity index (χ1n) is 9.93. The van der Waals surface area contributed by atoms with Crippen LogP contribution in [0.25, 0.3) is 22.7 Å². The molecule has 0 radical (unpaired) electrons. The van der Waals surface area contributed by atoms with Gasteiger partial charge in [-0.2, -0.15) is 0 Å². The molecule has 0 N–H and O–H groups in total. The number of thiazole rings is 1. The molecule has 1 aromatic carbocycles. The number of likely N-dealkylation sites (tertiary alicyclic amines) is 1. The molecular formula is C20H17Cl2N7O2S. The Labute approximate surface area is 196 Å². The fourth-order valence-electron chi connectivity index (χ4n) is 3.64. The van der Waals surface area contributed by atoms with Gasteiger partial charge in [0.2, 0.25) is 5.91 Å². The van der Waals surface area contributed by atoms with Crippen molar-refractivity contribution in [2.45, 2.75) is 25.3 Å². The molecule has 0 unspecified atom stereocenters. The van der Waals surface area contributed by atoms with Crippen LogP contribution in [-0.4, -0.2) is 54.2 Å². The van der Waals surface area contributed by atoms with Gasteiger partial charge in [0.15, 0.2) is 5.76 Å². The van der Waals surface area contributed by atoms with Crippen LogP contribution < -0.4 is 0 Å².